The third-order valence-electron chi connectivity index (χ3n) is 3.25. The van der Waals surface area contributed by atoms with E-state index in [0.29, 0.717) is 11.6 Å². The molecule has 0 spiro atoms. The van der Waals surface area contributed by atoms with Gasteiger partial charge in [-0.15, -0.1) is 0 Å². The molecule has 108 valence electrons. The van der Waals surface area contributed by atoms with Crippen molar-refractivity contribution < 1.29 is 4.74 Å². The zero-order valence-corrected chi connectivity index (χ0v) is 12.2. The molecule has 21 heavy (non-hydrogen) atoms. The summed E-state index contributed by atoms with van der Waals surface area (Å²) in [7, 11) is 1.86. The number of nitrogens with zero attached hydrogens (tertiary/aromatic N) is 3. The summed E-state index contributed by atoms with van der Waals surface area (Å²) in [5.41, 5.74) is 2.12. The minimum Gasteiger partial charge on any atom is -0.436 e. The summed E-state index contributed by atoms with van der Waals surface area (Å²) in [5, 5.41) is 8.60. The van der Waals surface area contributed by atoms with Crippen LogP contribution in [0.5, 0.6) is 11.6 Å². The molecule has 0 aliphatic heterocycles. The molecule has 5 heteroatoms. The number of benzene rings is 1. The van der Waals surface area contributed by atoms with E-state index in [-0.39, 0.29) is 0 Å². The molecule has 0 bridgehead atoms. The standard InChI is InChI=1S/C16H18N4O/c1-3-17-9-12-8-16(21-13-10-18-20(2)11-13)19-15-7-5-4-6-14(12)15/h4-8,10-11,17H,3,9H2,1-2H3. The third kappa shape index (κ3) is 3.03. The molecule has 1 aromatic carbocycles. The van der Waals surface area contributed by atoms with Crippen molar-refractivity contribution in [2.24, 2.45) is 7.05 Å². The monoisotopic (exact) mass is 282 g/mol. The van der Waals surface area contributed by atoms with Gasteiger partial charge in [0.2, 0.25) is 5.88 Å². The number of nitrogens with one attached hydrogen (secondary N) is 1. The molecule has 0 saturated heterocycles. The number of rotatable bonds is 5. The first-order valence-corrected chi connectivity index (χ1v) is 7.02. The lowest BCUT2D eigenvalue weighted by Crippen LogP contribution is -2.12. The van der Waals surface area contributed by atoms with Crippen LogP contribution in [0.25, 0.3) is 10.9 Å². The fourth-order valence-electron chi connectivity index (χ4n) is 2.25. The Bertz CT molecular complexity index is 751. The summed E-state index contributed by atoms with van der Waals surface area (Å²) in [6.45, 7) is 3.81. The Morgan fingerprint density at radius 3 is 2.90 bits per heavy atom. The van der Waals surface area contributed by atoms with Crippen LogP contribution >= 0.6 is 0 Å². The topological polar surface area (TPSA) is 52.0 Å². The molecular weight excluding hydrogens is 264 g/mol. The van der Waals surface area contributed by atoms with Crippen molar-refractivity contribution in [3.63, 3.8) is 0 Å². The van der Waals surface area contributed by atoms with Crippen molar-refractivity contribution in [1.82, 2.24) is 20.1 Å². The number of hydrogen-bond acceptors (Lipinski definition) is 4. The van der Waals surface area contributed by atoms with Crippen LogP contribution in [-0.2, 0) is 13.6 Å². The summed E-state index contributed by atoms with van der Waals surface area (Å²) in [6.07, 6.45) is 3.50. The molecule has 3 aromatic rings. The number of aromatic nitrogens is 3. The van der Waals surface area contributed by atoms with Gasteiger partial charge in [-0.25, -0.2) is 4.98 Å². The normalized spacial score (nSPS) is 11.0. The predicted molar refractivity (Wildman–Crippen MR) is 82.4 cm³/mol. The van der Waals surface area contributed by atoms with Crippen molar-refractivity contribution in [2.45, 2.75) is 13.5 Å². The maximum absolute atomic E-state index is 5.81. The van der Waals surface area contributed by atoms with Gasteiger partial charge in [0.25, 0.3) is 0 Å². The largest absolute Gasteiger partial charge is 0.436 e. The van der Waals surface area contributed by atoms with Crippen LogP contribution in [-0.4, -0.2) is 21.3 Å². The van der Waals surface area contributed by atoms with Gasteiger partial charge < -0.3 is 10.1 Å². The third-order valence-corrected chi connectivity index (χ3v) is 3.25. The molecule has 0 aliphatic rings. The lowest BCUT2D eigenvalue weighted by molar-refractivity contribution is 0.463. The van der Waals surface area contributed by atoms with E-state index in [1.807, 2.05) is 37.5 Å². The highest BCUT2D eigenvalue weighted by Crippen LogP contribution is 2.25. The van der Waals surface area contributed by atoms with Crippen LogP contribution in [0.3, 0.4) is 0 Å². The summed E-state index contributed by atoms with van der Waals surface area (Å²) < 4.78 is 7.51. The number of para-hydroxylation sites is 1. The number of pyridine rings is 1. The highest BCUT2D eigenvalue weighted by molar-refractivity contribution is 5.82. The van der Waals surface area contributed by atoms with Gasteiger partial charge in [0.15, 0.2) is 5.75 Å². The van der Waals surface area contributed by atoms with Crippen LogP contribution in [0, 0.1) is 0 Å². The van der Waals surface area contributed by atoms with Gasteiger partial charge in [-0.3, -0.25) is 4.68 Å². The van der Waals surface area contributed by atoms with Crippen molar-refractivity contribution >= 4 is 10.9 Å². The summed E-state index contributed by atoms with van der Waals surface area (Å²) in [6, 6.07) is 10.1. The summed E-state index contributed by atoms with van der Waals surface area (Å²) in [5.74, 6) is 1.28. The van der Waals surface area contributed by atoms with Crippen molar-refractivity contribution in [1.29, 1.82) is 0 Å². The number of ether oxygens (including phenoxy) is 1. The van der Waals surface area contributed by atoms with E-state index in [1.54, 1.807) is 10.9 Å². The average molecular weight is 282 g/mol. The lowest BCUT2D eigenvalue weighted by Gasteiger charge is -2.10. The highest BCUT2D eigenvalue weighted by atomic mass is 16.5. The maximum Gasteiger partial charge on any atom is 0.220 e. The van der Waals surface area contributed by atoms with E-state index >= 15 is 0 Å². The average Bonchev–Trinajstić information content (AvgIpc) is 2.90. The fourth-order valence-corrected chi connectivity index (χ4v) is 2.25. The van der Waals surface area contributed by atoms with E-state index in [2.05, 4.69) is 28.4 Å². The van der Waals surface area contributed by atoms with Crippen molar-refractivity contribution in [3.05, 3.63) is 48.3 Å². The zero-order chi connectivity index (χ0) is 14.7. The molecule has 0 atom stereocenters. The van der Waals surface area contributed by atoms with E-state index in [0.717, 1.165) is 24.0 Å². The van der Waals surface area contributed by atoms with Crippen LogP contribution in [0.1, 0.15) is 12.5 Å². The Labute approximate surface area is 123 Å². The molecule has 2 heterocycles. The van der Waals surface area contributed by atoms with Crippen molar-refractivity contribution in [3.8, 4) is 11.6 Å². The molecule has 0 unspecified atom stereocenters. The molecule has 0 saturated carbocycles. The second-order valence-electron chi connectivity index (χ2n) is 4.87. The molecule has 0 amide bonds. The maximum atomic E-state index is 5.81. The number of aryl methyl sites for hydroxylation is 1. The van der Waals surface area contributed by atoms with Crippen LogP contribution in [0.15, 0.2) is 42.7 Å². The minimum absolute atomic E-state index is 0.592. The molecular formula is C16H18N4O. The molecule has 0 aliphatic carbocycles. The van der Waals surface area contributed by atoms with Crippen LogP contribution in [0.2, 0.25) is 0 Å². The van der Waals surface area contributed by atoms with E-state index < -0.39 is 0 Å². The van der Waals surface area contributed by atoms with Crippen LogP contribution in [0.4, 0.5) is 0 Å². The van der Waals surface area contributed by atoms with Gasteiger partial charge in [0, 0.05) is 25.0 Å². The first-order valence-electron chi connectivity index (χ1n) is 7.02. The molecule has 5 nitrogen and oxygen atoms in total. The molecule has 2 aromatic heterocycles. The predicted octanol–water partition coefficient (Wildman–Crippen LogP) is 2.87. The second kappa shape index (κ2) is 5.93. The van der Waals surface area contributed by atoms with Crippen LogP contribution < -0.4 is 10.1 Å². The van der Waals surface area contributed by atoms with Gasteiger partial charge in [0.05, 0.1) is 17.9 Å². The number of hydrogen-bond donors (Lipinski definition) is 1. The van der Waals surface area contributed by atoms with E-state index in [1.165, 1.54) is 5.56 Å². The summed E-state index contributed by atoms with van der Waals surface area (Å²) >= 11 is 0. The molecule has 0 radical (unpaired) electrons. The van der Waals surface area contributed by atoms with Gasteiger partial charge in [-0.2, -0.15) is 5.10 Å². The molecule has 0 fully saturated rings. The molecule has 3 rings (SSSR count). The Kier molecular flexibility index (Phi) is 3.83. The Morgan fingerprint density at radius 2 is 2.14 bits per heavy atom. The SMILES string of the molecule is CCNCc1cc(Oc2cnn(C)c2)nc2ccccc12. The lowest BCUT2D eigenvalue weighted by atomic mass is 10.1. The van der Waals surface area contributed by atoms with Gasteiger partial charge >= 0.3 is 0 Å². The first kappa shape index (κ1) is 13.6. The van der Waals surface area contributed by atoms with E-state index in [9.17, 15) is 0 Å². The Morgan fingerprint density at radius 1 is 1.29 bits per heavy atom. The van der Waals surface area contributed by atoms with Gasteiger partial charge in [-0.1, -0.05) is 25.1 Å². The second-order valence-corrected chi connectivity index (χ2v) is 4.87. The number of fused-ring (bicyclic) bond motifs is 1. The van der Waals surface area contributed by atoms with E-state index in [4.69, 9.17) is 4.74 Å². The first-order chi connectivity index (χ1) is 10.3. The van der Waals surface area contributed by atoms with Gasteiger partial charge in [-0.05, 0) is 18.2 Å². The van der Waals surface area contributed by atoms with Crippen molar-refractivity contribution in [2.75, 3.05) is 6.54 Å². The smallest absolute Gasteiger partial charge is 0.220 e. The molecule has 1 N–H and O–H groups in total. The Balaban J connectivity index is 1.98. The highest BCUT2D eigenvalue weighted by Gasteiger charge is 2.08. The van der Waals surface area contributed by atoms with Gasteiger partial charge in [0.1, 0.15) is 0 Å². The minimum atomic E-state index is 0.592. The fraction of sp³-hybridized carbons (Fsp3) is 0.250. The Hall–Kier alpha value is -2.40. The zero-order valence-electron chi connectivity index (χ0n) is 12.2. The summed E-state index contributed by atoms with van der Waals surface area (Å²) in [4.78, 5) is 4.56. The quantitative estimate of drug-likeness (QED) is 0.782.